The Bertz CT molecular complexity index is 687. The molecule has 2 saturated heterocycles. The maximum atomic E-state index is 12.2. The van der Waals surface area contributed by atoms with Crippen molar-refractivity contribution in [3.63, 3.8) is 0 Å². The quantitative estimate of drug-likeness (QED) is 0.647. The molecule has 1 amide bonds. The highest BCUT2D eigenvalue weighted by Gasteiger charge is 2.47. The molecule has 2 N–H and O–H groups in total. The van der Waals surface area contributed by atoms with Gasteiger partial charge >= 0.3 is 11.8 Å². The minimum absolute atomic E-state index is 0.0584. The summed E-state index contributed by atoms with van der Waals surface area (Å²) in [6, 6.07) is 3.15. The maximum absolute atomic E-state index is 12.2. The maximum Gasteiger partial charge on any atom is 0.410 e. The molecule has 1 aromatic heterocycles. The van der Waals surface area contributed by atoms with Crippen LogP contribution in [0.15, 0.2) is 12.1 Å². The van der Waals surface area contributed by atoms with Gasteiger partial charge in [-0.25, -0.2) is 9.78 Å². The fraction of sp³-hybridized carbons (Fsp3) is 0.600. The van der Waals surface area contributed by atoms with E-state index in [-0.39, 0.29) is 29.7 Å². The number of nitrogen functional groups attached to an aromatic ring is 1. The molecular weight excluding hydrogens is 314 g/mol. The Kier molecular flexibility index (Phi) is 3.73. The number of aromatic nitrogens is 1. The fourth-order valence-corrected chi connectivity index (χ4v) is 3.26. The third-order valence-corrected chi connectivity index (χ3v) is 4.25. The Hall–Kier alpha value is -2.58. The van der Waals surface area contributed by atoms with E-state index in [1.54, 1.807) is 11.0 Å². The number of anilines is 2. The number of pyridine rings is 1. The van der Waals surface area contributed by atoms with E-state index in [2.05, 4.69) is 4.98 Å². The summed E-state index contributed by atoms with van der Waals surface area (Å²) < 4.78 is 5.43. The van der Waals surface area contributed by atoms with E-state index >= 15 is 0 Å². The van der Waals surface area contributed by atoms with Crippen molar-refractivity contribution in [1.29, 1.82) is 0 Å². The first kappa shape index (κ1) is 16.3. The monoisotopic (exact) mass is 335 g/mol. The molecule has 0 spiro atoms. The van der Waals surface area contributed by atoms with E-state index in [4.69, 9.17) is 10.5 Å². The molecule has 3 heterocycles. The average molecular weight is 335 g/mol. The average Bonchev–Trinajstić information content (AvgIpc) is 3.04. The first-order chi connectivity index (χ1) is 11.2. The number of nitro groups is 1. The lowest BCUT2D eigenvalue weighted by Crippen LogP contribution is -2.50. The molecule has 0 radical (unpaired) electrons. The predicted molar refractivity (Wildman–Crippen MR) is 87.8 cm³/mol. The van der Waals surface area contributed by atoms with Crippen LogP contribution in [0.2, 0.25) is 0 Å². The summed E-state index contributed by atoms with van der Waals surface area (Å²) in [6.07, 6.45) is 0.531. The summed E-state index contributed by atoms with van der Waals surface area (Å²) in [6.45, 7) is 6.70. The van der Waals surface area contributed by atoms with Gasteiger partial charge in [0.25, 0.3) is 0 Å². The third kappa shape index (κ3) is 2.93. The third-order valence-electron chi connectivity index (χ3n) is 4.25. The smallest absolute Gasteiger partial charge is 0.410 e. The molecule has 0 aliphatic carbocycles. The number of piperazine rings is 1. The van der Waals surface area contributed by atoms with Gasteiger partial charge in [-0.15, -0.1) is 0 Å². The Labute approximate surface area is 139 Å². The van der Waals surface area contributed by atoms with Crippen molar-refractivity contribution in [2.75, 3.05) is 23.7 Å². The topological polar surface area (TPSA) is 115 Å². The number of hydrogen-bond donors (Lipinski definition) is 1. The molecule has 0 saturated carbocycles. The molecule has 3 rings (SSSR count). The number of amides is 1. The largest absolute Gasteiger partial charge is 0.444 e. The highest BCUT2D eigenvalue weighted by molar-refractivity contribution is 5.70. The van der Waals surface area contributed by atoms with Crippen molar-refractivity contribution in [2.45, 2.75) is 44.9 Å². The van der Waals surface area contributed by atoms with Crippen molar-refractivity contribution < 1.29 is 14.5 Å². The second kappa shape index (κ2) is 5.50. The molecule has 0 unspecified atom stereocenters. The number of nitrogens with two attached hydrogens (primary N) is 1. The van der Waals surface area contributed by atoms with Crippen LogP contribution in [0.3, 0.4) is 0 Å². The lowest BCUT2D eigenvalue weighted by molar-refractivity contribution is -0.384. The molecule has 0 aromatic carbocycles. The summed E-state index contributed by atoms with van der Waals surface area (Å²) >= 11 is 0. The minimum atomic E-state index is -0.549. The summed E-state index contributed by atoms with van der Waals surface area (Å²) in [5.74, 6) is 0.513. The number of ether oxygens (including phenoxy) is 1. The molecule has 2 bridgehead atoms. The Balaban J connectivity index is 1.71. The number of nitrogens with zero attached hydrogens (tertiary/aromatic N) is 4. The van der Waals surface area contributed by atoms with Crippen LogP contribution in [0.4, 0.5) is 22.1 Å². The standard InChI is InChI=1S/C15H21N5O4/c1-15(2,3)24-14(21)19-8-9-6-10(19)7-18(9)12-5-4-11(20(22)23)13(16)17-12/h4-5,9-10H,6-8H2,1-3H3,(H2,16,17)/t9-,10-/m1/s1. The zero-order chi connectivity index (χ0) is 17.6. The lowest BCUT2D eigenvalue weighted by atomic mass is 10.2. The van der Waals surface area contributed by atoms with E-state index in [9.17, 15) is 14.9 Å². The highest BCUT2D eigenvalue weighted by Crippen LogP contribution is 2.35. The van der Waals surface area contributed by atoms with Crippen molar-refractivity contribution in [2.24, 2.45) is 0 Å². The van der Waals surface area contributed by atoms with Crippen LogP contribution in [0.1, 0.15) is 27.2 Å². The van der Waals surface area contributed by atoms with E-state index in [1.807, 2.05) is 25.7 Å². The van der Waals surface area contributed by atoms with Gasteiger partial charge in [0.15, 0.2) is 0 Å². The summed E-state index contributed by atoms with van der Waals surface area (Å²) in [7, 11) is 0. The van der Waals surface area contributed by atoms with Gasteiger partial charge < -0.3 is 20.3 Å². The van der Waals surface area contributed by atoms with Crippen LogP contribution in [-0.2, 0) is 4.74 Å². The summed E-state index contributed by atoms with van der Waals surface area (Å²) in [4.78, 5) is 30.5. The van der Waals surface area contributed by atoms with Crippen LogP contribution < -0.4 is 10.6 Å². The van der Waals surface area contributed by atoms with Gasteiger partial charge in [-0.05, 0) is 33.3 Å². The predicted octanol–water partition coefficient (Wildman–Crippen LogP) is 1.77. The van der Waals surface area contributed by atoms with Gasteiger partial charge in [0.1, 0.15) is 11.4 Å². The van der Waals surface area contributed by atoms with E-state index < -0.39 is 10.5 Å². The SMILES string of the molecule is CC(C)(C)OC(=O)N1C[C@H]2C[C@@H]1CN2c1ccc([N+](=O)[O-])c(N)n1. The second-order valence-corrected chi connectivity index (χ2v) is 7.16. The van der Waals surface area contributed by atoms with Crippen LogP contribution in [-0.4, -0.2) is 51.7 Å². The van der Waals surface area contributed by atoms with Crippen LogP contribution in [0.5, 0.6) is 0 Å². The van der Waals surface area contributed by atoms with Gasteiger partial charge in [-0.2, -0.15) is 0 Å². The van der Waals surface area contributed by atoms with Crippen molar-refractivity contribution in [3.8, 4) is 0 Å². The van der Waals surface area contributed by atoms with Gasteiger partial charge in [0.2, 0.25) is 5.82 Å². The van der Waals surface area contributed by atoms with Crippen molar-refractivity contribution in [1.82, 2.24) is 9.88 Å². The van der Waals surface area contributed by atoms with E-state index in [0.717, 1.165) is 6.42 Å². The van der Waals surface area contributed by atoms with E-state index in [0.29, 0.717) is 18.9 Å². The number of carbonyl (C=O) groups excluding carboxylic acids is 1. The number of carbonyl (C=O) groups is 1. The summed E-state index contributed by atoms with van der Waals surface area (Å²) in [5, 5.41) is 10.8. The van der Waals surface area contributed by atoms with Crippen LogP contribution in [0.25, 0.3) is 0 Å². The first-order valence-corrected chi connectivity index (χ1v) is 7.83. The number of fused-ring (bicyclic) bond motifs is 2. The van der Waals surface area contributed by atoms with Gasteiger partial charge in [0.05, 0.1) is 17.0 Å². The number of likely N-dealkylation sites (tertiary alicyclic amines) is 1. The Morgan fingerprint density at radius 1 is 1.38 bits per heavy atom. The zero-order valence-electron chi connectivity index (χ0n) is 13.9. The second-order valence-electron chi connectivity index (χ2n) is 7.16. The fourth-order valence-electron chi connectivity index (χ4n) is 3.26. The van der Waals surface area contributed by atoms with E-state index in [1.165, 1.54) is 6.07 Å². The van der Waals surface area contributed by atoms with Crippen LogP contribution >= 0.6 is 0 Å². The van der Waals surface area contributed by atoms with Gasteiger partial charge in [-0.1, -0.05) is 0 Å². The lowest BCUT2D eigenvalue weighted by Gasteiger charge is -2.35. The highest BCUT2D eigenvalue weighted by atomic mass is 16.6. The number of rotatable bonds is 2. The Morgan fingerprint density at radius 3 is 2.58 bits per heavy atom. The van der Waals surface area contributed by atoms with Crippen molar-refractivity contribution in [3.05, 3.63) is 22.2 Å². The molecular formula is C15H21N5O4. The van der Waals surface area contributed by atoms with Crippen LogP contribution in [0, 0.1) is 10.1 Å². The Morgan fingerprint density at radius 2 is 2.08 bits per heavy atom. The molecule has 9 nitrogen and oxygen atoms in total. The molecule has 9 heteroatoms. The zero-order valence-corrected chi connectivity index (χ0v) is 13.9. The molecule has 1 aromatic rings. The normalized spacial score (nSPS) is 22.8. The summed E-state index contributed by atoms with van der Waals surface area (Å²) in [5.41, 5.74) is 4.95. The molecule has 2 aliphatic heterocycles. The minimum Gasteiger partial charge on any atom is -0.444 e. The molecule has 2 aliphatic rings. The molecule has 2 fully saturated rings. The molecule has 130 valence electrons. The van der Waals surface area contributed by atoms with Gasteiger partial charge in [-0.3, -0.25) is 10.1 Å². The number of hydrogen-bond acceptors (Lipinski definition) is 7. The first-order valence-electron chi connectivity index (χ1n) is 7.83. The molecule has 24 heavy (non-hydrogen) atoms. The van der Waals surface area contributed by atoms with Gasteiger partial charge in [0, 0.05) is 19.2 Å². The molecule has 2 atom stereocenters. The van der Waals surface area contributed by atoms with Crippen molar-refractivity contribution >= 4 is 23.4 Å².